The third kappa shape index (κ3) is 13.1. The normalized spacial score (nSPS) is 15.9. The zero-order chi connectivity index (χ0) is 43.5. The maximum absolute atomic E-state index is 14.5. The van der Waals surface area contributed by atoms with Crippen molar-refractivity contribution in [3.8, 4) is 5.75 Å². The molecule has 0 aliphatic carbocycles. The molecule has 1 aliphatic rings. The van der Waals surface area contributed by atoms with Crippen LogP contribution in [0.25, 0.3) is 0 Å². The smallest absolute Gasteiger partial charge is 0.407 e. The first kappa shape index (κ1) is 46.4. The van der Waals surface area contributed by atoms with Crippen LogP contribution in [0.4, 0.5) is 9.59 Å². The fraction of sp³-hybridized carbons (Fsp3) is 0.523. The minimum absolute atomic E-state index is 0.119. The van der Waals surface area contributed by atoms with Gasteiger partial charge in [-0.05, 0) is 67.0 Å². The van der Waals surface area contributed by atoms with E-state index in [-0.39, 0.29) is 38.0 Å². The van der Waals surface area contributed by atoms with Crippen molar-refractivity contribution in [2.75, 3.05) is 33.9 Å². The molecule has 5 amide bonds. The molecule has 1 aliphatic heterocycles. The first-order chi connectivity index (χ1) is 27.8. The number of carbonyl (C=O) groups excluding carboxylic acids is 4. The fourth-order valence-electron chi connectivity index (χ4n) is 6.99. The Hall–Kier alpha value is -5.25. The van der Waals surface area contributed by atoms with Gasteiger partial charge in [0, 0.05) is 26.2 Å². The van der Waals surface area contributed by atoms with E-state index < -0.39 is 53.2 Å². The predicted molar refractivity (Wildman–Crippen MR) is 224 cm³/mol. The maximum Gasteiger partial charge on any atom is 0.407 e. The summed E-state index contributed by atoms with van der Waals surface area (Å²) in [6.07, 6.45) is -1.13. The lowest BCUT2D eigenvalue weighted by Crippen LogP contribution is -2.60. The van der Waals surface area contributed by atoms with Crippen molar-refractivity contribution in [3.63, 3.8) is 0 Å². The average molecular weight is 818 g/mol. The molecule has 1 saturated heterocycles. The Morgan fingerprint density at radius 2 is 1.58 bits per heavy atom. The minimum atomic E-state index is -1.23. The van der Waals surface area contributed by atoms with Gasteiger partial charge in [0.1, 0.15) is 23.4 Å². The first-order valence-electron chi connectivity index (χ1n) is 20.1. The number of aliphatic hydroxyl groups excluding tert-OH is 1. The van der Waals surface area contributed by atoms with Crippen molar-refractivity contribution < 1.29 is 38.9 Å². The molecule has 15 heteroatoms. The van der Waals surface area contributed by atoms with E-state index in [9.17, 15) is 29.4 Å². The number of benzene rings is 2. The summed E-state index contributed by atoms with van der Waals surface area (Å²) >= 11 is 0. The number of urea groups is 1. The predicted octanol–water partition coefficient (Wildman–Crippen LogP) is 4.36. The van der Waals surface area contributed by atoms with Gasteiger partial charge in [-0.15, -0.1) is 0 Å². The number of aliphatic hydroxyl groups is 2. The summed E-state index contributed by atoms with van der Waals surface area (Å²) < 4.78 is 10.1. The van der Waals surface area contributed by atoms with Crippen LogP contribution < -0.4 is 20.8 Å². The van der Waals surface area contributed by atoms with Crippen molar-refractivity contribution in [1.29, 1.82) is 0 Å². The molecule has 0 unspecified atom stereocenters. The first-order valence-corrected chi connectivity index (χ1v) is 20.1. The van der Waals surface area contributed by atoms with E-state index in [1.54, 1.807) is 66.1 Å². The highest BCUT2D eigenvalue weighted by atomic mass is 16.5. The van der Waals surface area contributed by atoms with Crippen LogP contribution in [-0.2, 0) is 39.4 Å². The number of carbonyl (C=O) groups is 4. The third-order valence-electron chi connectivity index (χ3n) is 10.6. The molecule has 1 fully saturated rings. The van der Waals surface area contributed by atoms with Crippen LogP contribution in [0.3, 0.4) is 0 Å². The quantitative estimate of drug-likeness (QED) is 0.109. The average Bonchev–Trinajstić information content (AvgIpc) is 3.54. The lowest BCUT2D eigenvalue weighted by atomic mass is 9.86. The van der Waals surface area contributed by atoms with Crippen molar-refractivity contribution in [2.24, 2.45) is 11.3 Å². The molecule has 0 saturated carbocycles. The summed E-state index contributed by atoms with van der Waals surface area (Å²) in [5, 5.41) is 29.9. The zero-order valence-electron chi connectivity index (χ0n) is 35.9. The third-order valence-corrected chi connectivity index (χ3v) is 10.6. The van der Waals surface area contributed by atoms with Crippen LogP contribution in [-0.4, -0.2) is 112 Å². The molecule has 15 nitrogen and oxygen atoms in total. The molecule has 0 spiro atoms. The highest BCUT2D eigenvalue weighted by Crippen LogP contribution is 2.25. The largest absolute Gasteiger partial charge is 0.497 e. The topological polar surface area (TPSA) is 186 Å². The number of nitrogens with zero attached hydrogens (tertiary/aromatic N) is 4. The van der Waals surface area contributed by atoms with E-state index in [0.29, 0.717) is 36.6 Å². The van der Waals surface area contributed by atoms with Gasteiger partial charge in [0.15, 0.2) is 0 Å². The Kier molecular flexibility index (Phi) is 16.2. The number of alkyl carbamates (subject to hydrolysis) is 1. The number of hydrogen-bond acceptors (Lipinski definition) is 10. The van der Waals surface area contributed by atoms with Crippen molar-refractivity contribution in [3.05, 3.63) is 95.3 Å². The molecule has 2 heterocycles. The highest BCUT2D eigenvalue weighted by molar-refractivity contribution is 5.88. The highest BCUT2D eigenvalue weighted by Gasteiger charge is 2.41. The second-order valence-corrected chi connectivity index (χ2v) is 16.8. The van der Waals surface area contributed by atoms with E-state index in [4.69, 9.17) is 9.47 Å². The monoisotopic (exact) mass is 817 g/mol. The van der Waals surface area contributed by atoms with Gasteiger partial charge < -0.3 is 40.1 Å². The van der Waals surface area contributed by atoms with E-state index in [1.165, 1.54) is 7.11 Å². The van der Waals surface area contributed by atoms with E-state index >= 15 is 0 Å². The second kappa shape index (κ2) is 20.6. The molecular formula is C44H63N7O8. The number of hydrazine groups is 1. The number of ether oxygens (including phenoxy) is 2. The Bertz CT molecular complexity index is 1850. The van der Waals surface area contributed by atoms with Crippen LogP contribution in [0.2, 0.25) is 0 Å². The summed E-state index contributed by atoms with van der Waals surface area (Å²) in [6.45, 7) is 13.6. The van der Waals surface area contributed by atoms with Crippen LogP contribution in [0.5, 0.6) is 5.75 Å². The van der Waals surface area contributed by atoms with Crippen molar-refractivity contribution >= 4 is 23.9 Å². The molecule has 59 heavy (non-hydrogen) atoms. The van der Waals surface area contributed by atoms with E-state index in [2.05, 4.69) is 21.0 Å². The van der Waals surface area contributed by atoms with Crippen molar-refractivity contribution in [2.45, 2.75) is 104 Å². The van der Waals surface area contributed by atoms with Gasteiger partial charge in [0.25, 0.3) is 5.91 Å². The molecule has 0 bridgehead atoms. The Balaban J connectivity index is 1.61. The molecule has 0 radical (unpaired) electrons. The summed E-state index contributed by atoms with van der Waals surface area (Å²) in [6, 6.07) is 19.1. The lowest BCUT2D eigenvalue weighted by Gasteiger charge is -2.36. The van der Waals surface area contributed by atoms with Gasteiger partial charge in [-0.2, -0.15) is 0 Å². The zero-order valence-corrected chi connectivity index (χ0v) is 35.9. The standard InChI is InChI=1S/C44H63N7O8/c1-10-29(2)37(51-24-23-49(42(51)56)27-32-17-14-18-36(45-32)44(6,7)57)39(53)46-34(25-30-15-12-11-13-16-30)35(52)28-50(26-31-19-21-33(58-8)22-20-31)48-40(54)38(43(3,4)5)47-41(55)59-9/h11-22,29,34-35,37-38,52,57H,10,23-28H2,1-9H3,(H,46,53)(H,47,55)(H,48,54)/t29-,34-,35-,37-,38+/m0/s1. The fourth-order valence-corrected chi connectivity index (χ4v) is 6.99. The van der Waals surface area contributed by atoms with Gasteiger partial charge >= 0.3 is 12.1 Å². The van der Waals surface area contributed by atoms with Gasteiger partial charge in [0.05, 0.1) is 44.3 Å². The molecule has 2 aromatic carbocycles. The Morgan fingerprint density at radius 3 is 2.17 bits per heavy atom. The maximum atomic E-state index is 14.5. The molecule has 322 valence electrons. The molecule has 5 atom stereocenters. The number of aromatic nitrogens is 1. The Labute approximate surface area is 348 Å². The van der Waals surface area contributed by atoms with Crippen LogP contribution >= 0.6 is 0 Å². The number of amides is 5. The van der Waals surface area contributed by atoms with Gasteiger partial charge in [-0.25, -0.2) is 14.6 Å². The van der Waals surface area contributed by atoms with Crippen molar-refractivity contribution in [1.82, 2.24) is 35.9 Å². The number of pyridine rings is 1. The molecule has 5 N–H and O–H groups in total. The summed E-state index contributed by atoms with van der Waals surface area (Å²) in [5.74, 6) is -0.509. The van der Waals surface area contributed by atoms with E-state index in [0.717, 1.165) is 11.1 Å². The number of nitrogens with one attached hydrogen (secondary N) is 3. The van der Waals surface area contributed by atoms with Crippen LogP contribution in [0.15, 0.2) is 72.8 Å². The molecule has 3 aromatic rings. The lowest BCUT2D eigenvalue weighted by molar-refractivity contribution is -0.132. The van der Waals surface area contributed by atoms with E-state index in [1.807, 2.05) is 77.1 Å². The summed E-state index contributed by atoms with van der Waals surface area (Å²) in [7, 11) is 2.79. The SMILES string of the molecule is CC[C@H](C)[C@@H](C(=O)N[C@@H](Cc1ccccc1)[C@@H](O)CN(Cc1ccc(OC)cc1)NC(=O)[C@@H](NC(=O)OC)C(C)(C)C)N1CCN(Cc2cccc(C(C)(C)O)n2)C1=O. The van der Waals surface area contributed by atoms with Gasteiger partial charge in [-0.3, -0.25) is 20.0 Å². The summed E-state index contributed by atoms with van der Waals surface area (Å²) in [5.41, 5.74) is 3.83. The minimum Gasteiger partial charge on any atom is -0.497 e. The molecule has 1 aromatic heterocycles. The van der Waals surface area contributed by atoms with Gasteiger partial charge in [0.2, 0.25) is 5.91 Å². The van der Waals surface area contributed by atoms with Crippen LogP contribution in [0.1, 0.15) is 77.4 Å². The van der Waals surface area contributed by atoms with Gasteiger partial charge in [-0.1, -0.05) is 89.6 Å². The Morgan fingerprint density at radius 1 is 0.898 bits per heavy atom. The molecular weight excluding hydrogens is 755 g/mol. The second-order valence-electron chi connectivity index (χ2n) is 16.8. The number of methoxy groups -OCH3 is 2. The summed E-state index contributed by atoms with van der Waals surface area (Å²) in [4.78, 5) is 62.5. The van der Waals surface area contributed by atoms with Crippen LogP contribution in [0, 0.1) is 11.3 Å². The number of rotatable bonds is 19. The number of hydrogen-bond donors (Lipinski definition) is 5. The molecule has 4 rings (SSSR count).